The number of hydrogen-bond acceptors (Lipinski definition) is 25. The van der Waals surface area contributed by atoms with Gasteiger partial charge in [0.05, 0.1) is 13.2 Å². The number of ketones is 5. The van der Waals surface area contributed by atoms with E-state index in [1.807, 2.05) is 27.7 Å². The molecule has 4 unspecified atom stereocenters. The van der Waals surface area contributed by atoms with E-state index < -0.39 is 66.4 Å². The van der Waals surface area contributed by atoms with Gasteiger partial charge in [0, 0.05) is 52.9 Å². The number of esters is 4. The predicted octanol–water partition coefficient (Wildman–Crippen LogP) is 8.58. The lowest BCUT2D eigenvalue weighted by atomic mass is 9.99. The fraction of sp³-hybridized carbons (Fsp3) is 0.581. The van der Waals surface area contributed by atoms with Gasteiger partial charge in [0.2, 0.25) is 45.5 Å². The summed E-state index contributed by atoms with van der Waals surface area (Å²) in [5, 5.41) is 2.45. The fourth-order valence-corrected chi connectivity index (χ4v) is 8.45. The summed E-state index contributed by atoms with van der Waals surface area (Å²) in [4.78, 5) is 135. The first kappa shape index (κ1) is 83.2. The third kappa shape index (κ3) is 24.9. The molecule has 0 aliphatic carbocycles. The molecule has 0 aromatic carbocycles. The molecule has 4 aliphatic rings. The Kier molecular flexibility index (Phi) is 34.8. The van der Waals surface area contributed by atoms with E-state index in [0.717, 1.165) is 0 Å². The number of allylic oxidation sites excluding steroid dienone is 6. The number of morpholine rings is 1. The van der Waals surface area contributed by atoms with Crippen molar-refractivity contribution in [2.75, 3.05) is 13.2 Å². The quantitative estimate of drug-likeness (QED) is 0.0501. The van der Waals surface area contributed by atoms with E-state index in [2.05, 4.69) is 10.1 Å². The van der Waals surface area contributed by atoms with Crippen LogP contribution in [0.3, 0.4) is 0 Å². The molecule has 89 heavy (non-hydrogen) atoms. The molecule has 0 saturated carbocycles. The fourth-order valence-electron chi connectivity index (χ4n) is 7.16. The maximum atomic E-state index is 11.8. The molecule has 500 valence electrons. The number of phosphoric ester groups is 1. The minimum atomic E-state index is -3.64. The van der Waals surface area contributed by atoms with Crippen LogP contribution < -0.4 is 27.4 Å². The molecule has 1 N–H and O–H groups in total. The second-order valence-corrected chi connectivity index (χ2v) is 22.9. The van der Waals surface area contributed by atoms with Gasteiger partial charge in [-0.1, -0.05) is 55.9 Å². The SMILES string of the molecule is C.C/C=C1\OC(=O)C(C)NC1=O.CC(=O)C1(C(C)C)OC(=O)C(=C(C)C)O1.CC(=O)C1(CC(C)C)OC(=O)/C(=C/C(C)C)O1.CC(C)=c1oc(=O)c(=C(C)C)oc1=O.CC=C(OP(=O)(OCC)OCC)C(C)=O.CCC1(C(C)=O)OC(=O)/C(=C/CC(C)=O)O1. The Labute approximate surface area is 520 Å². The van der Waals surface area contributed by atoms with Crippen LogP contribution in [0.15, 0.2) is 77.1 Å². The van der Waals surface area contributed by atoms with Crippen molar-refractivity contribution >= 4 is 77.7 Å². The Bertz CT molecular complexity index is 3160. The van der Waals surface area contributed by atoms with E-state index in [0.29, 0.717) is 23.1 Å². The smallest absolute Gasteiger partial charge is 0.438 e. The standard InChI is InChI=1S/C13H20O4.C11H14O5.C11H16O4.C10H12O4.C9H17O5P.C7H9NO3.CH4/c1-8(2)6-11-12(15)17-13(16-11,10(5)14)7-9(3)4;1-4-11(8(3)13)15-9(10(14)16-11)6-5-7(2)12;1-6(2)9-10(13)15-11(14-9,7(3)4)8(5)12;1-5(2)7-9(11)14-8(6(3)4)10(12)13-7;1-5-9(8(4)10)14-15(11,12-6-2)13-7-3;1-3-5-6(9)8-4(2)7(10)11-5;/h6,8-9H,7H2,1-5H3;6H,4-5H2,1-3H3;7H,1-5H3;1-4H3;5H,6-7H2,1-4H3;3-4H,1-2H3,(H,8,9);1H4/b11-6-;9-6-;;;;5-3-;. The Balaban J connectivity index is 0. The third-order valence-corrected chi connectivity index (χ3v) is 13.2. The van der Waals surface area contributed by atoms with Crippen LogP contribution in [0, 0.1) is 17.8 Å². The summed E-state index contributed by atoms with van der Waals surface area (Å²) in [5.74, 6) is -7.78. The zero-order valence-corrected chi connectivity index (χ0v) is 55.7. The highest BCUT2D eigenvalue weighted by molar-refractivity contribution is 7.48. The molecule has 0 radical (unpaired) electrons. The van der Waals surface area contributed by atoms with Crippen LogP contribution in [0.5, 0.6) is 0 Å². The highest BCUT2D eigenvalue weighted by Gasteiger charge is 2.53. The Morgan fingerprint density at radius 2 is 1.09 bits per heavy atom. The molecular weight excluding hydrogens is 1190 g/mol. The molecule has 26 nitrogen and oxygen atoms in total. The molecule has 4 aliphatic heterocycles. The second-order valence-electron chi connectivity index (χ2n) is 21.3. The highest BCUT2D eigenvalue weighted by atomic mass is 31.2. The largest absolute Gasteiger partial charge is 0.530 e. The van der Waals surface area contributed by atoms with Crippen LogP contribution in [0.1, 0.15) is 186 Å². The summed E-state index contributed by atoms with van der Waals surface area (Å²) in [7, 11) is -3.64. The zero-order valence-electron chi connectivity index (χ0n) is 54.8. The third-order valence-electron chi connectivity index (χ3n) is 11.6. The van der Waals surface area contributed by atoms with E-state index in [9.17, 15) is 62.1 Å². The average molecular weight is 1280 g/mol. The van der Waals surface area contributed by atoms with Gasteiger partial charge >= 0.3 is 60.3 Å². The number of ether oxygens (including phenoxy) is 7. The van der Waals surface area contributed by atoms with Gasteiger partial charge in [-0.05, 0) is 136 Å². The number of cyclic esters (lactones) is 4. The van der Waals surface area contributed by atoms with E-state index in [1.165, 1.54) is 52.8 Å². The molecule has 0 spiro atoms. The minimum absolute atomic E-state index is 0. The van der Waals surface area contributed by atoms with Crippen LogP contribution in [-0.4, -0.2) is 95.3 Å². The zero-order chi connectivity index (χ0) is 68.6. The summed E-state index contributed by atoms with van der Waals surface area (Å²) < 4.78 is 72.1. The van der Waals surface area contributed by atoms with Crippen molar-refractivity contribution in [1.82, 2.24) is 5.32 Å². The molecule has 5 heterocycles. The Hall–Kier alpha value is -7.83. The molecule has 4 atom stereocenters. The molecule has 4 fully saturated rings. The second kappa shape index (κ2) is 37.2. The summed E-state index contributed by atoms with van der Waals surface area (Å²) in [6, 6.07) is -0.536. The normalized spacial score (nSPS) is 21.3. The molecule has 0 bridgehead atoms. The summed E-state index contributed by atoms with van der Waals surface area (Å²) in [5.41, 5.74) is 0.706. The number of carbonyl (C=O) groups excluding carboxylic acids is 10. The maximum Gasteiger partial charge on any atom is 0.530 e. The number of amides is 1. The first-order chi connectivity index (χ1) is 40.5. The monoisotopic (exact) mass is 1280 g/mol. The van der Waals surface area contributed by atoms with E-state index in [1.54, 1.807) is 103 Å². The summed E-state index contributed by atoms with van der Waals surface area (Å²) in [6.45, 7) is 38.5. The lowest BCUT2D eigenvalue weighted by Crippen LogP contribution is -2.46. The first-order valence-electron chi connectivity index (χ1n) is 28.2. The van der Waals surface area contributed by atoms with Crippen molar-refractivity contribution in [3.8, 4) is 0 Å². The van der Waals surface area contributed by atoms with Gasteiger partial charge in [0.25, 0.3) is 5.91 Å². The van der Waals surface area contributed by atoms with Crippen molar-refractivity contribution in [3.63, 3.8) is 0 Å². The Morgan fingerprint density at radius 1 is 0.618 bits per heavy atom. The van der Waals surface area contributed by atoms with Crippen molar-refractivity contribution in [2.24, 2.45) is 17.8 Å². The van der Waals surface area contributed by atoms with Crippen LogP contribution >= 0.6 is 7.82 Å². The van der Waals surface area contributed by atoms with Crippen LogP contribution in [0.4, 0.5) is 0 Å². The number of phosphoric acid groups is 1. The topological polar surface area (TPSA) is 353 Å². The maximum absolute atomic E-state index is 11.8. The first-order valence-corrected chi connectivity index (χ1v) is 29.6. The van der Waals surface area contributed by atoms with Crippen LogP contribution in [-0.2, 0) is 99.2 Å². The lowest BCUT2D eigenvalue weighted by Gasteiger charge is -2.26. The highest BCUT2D eigenvalue weighted by Crippen LogP contribution is 2.51. The number of nitrogens with one attached hydrogen (secondary N) is 1. The molecule has 27 heteroatoms. The van der Waals surface area contributed by atoms with E-state index in [-0.39, 0.29) is 126 Å². The number of hydrogen-bond donors (Lipinski definition) is 1. The van der Waals surface area contributed by atoms with Crippen LogP contribution in [0.2, 0.25) is 0 Å². The Morgan fingerprint density at radius 3 is 1.42 bits per heavy atom. The molecular formula is C62H92NO25P. The summed E-state index contributed by atoms with van der Waals surface area (Å²) >= 11 is 0. The van der Waals surface area contributed by atoms with Gasteiger partial charge in [0.15, 0.2) is 17.3 Å². The van der Waals surface area contributed by atoms with Crippen molar-refractivity contribution in [2.45, 2.75) is 209 Å². The molecule has 4 saturated heterocycles. The number of Topliss-reactive ketones (excluding diaryl/α,β-unsaturated/α-hetero) is 5. The van der Waals surface area contributed by atoms with Gasteiger partial charge in [-0.3, -0.25) is 37.8 Å². The van der Waals surface area contributed by atoms with Crippen molar-refractivity contribution in [3.05, 3.63) is 90.3 Å². The number of carbonyl (C=O) groups is 10. The van der Waals surface area contributed by atoms with E-state index in [4.69, 9.17) is 50.8 Å². The molecule has 1 aromatic heterocycles. The number of rotatable bonds is 17. The van der Waals surface area contributed by atoms with Gasteiger partial charge in [-0.2, -0.15) is 0 Å². The molecule has 1 amide bonds. The van der Waals surface area contributed by atoms with E-state index >= 15 is 0 Å². The van der Waals surface area contributed by atoms with Gasteiger partial charge in [-0.25, -0.2) is 33.3 Å². The predicted molar refractivity (Wildman–Crippen MR) is 324 cm³/mol. The van der Waals surface area contributed by atoms with Crippen molar-refractivity contribution in [1.29, 1.82) is 0 Å². The van der Waals surface area contributed by atoms with Crippen molar-refractivity contribution < 1.29 is 108 Å². The van der Waals surface area contributed by atoms with Gasteiger partial charge < -0.3 is 51.8 Å². The molecule has 5 rings (SSSR count). The lowest BCUT2D eigenvalue weighted by molar-refractivity contribution is -0.194. The van der Waals surface area contributed by atoms with Crippen LogP contribution in [0.25, 0.3) is 11.1 Å². The van der Waals surface area contributed by atoms with Gasteiger partial charge in [0.1, 0.15) is 11.8 Å². The van der Waals surface area contributed by atoms with Gasteiger partial charge in [-0.15, -0.1) is 0 Å². The molecule has 1 aromatic rings. The minimum Gasteiger partial charge on any atom is -0.438 e. The average Bonchev–Trinajstić information content (AvgIpc) is 1.70. The summed E-state index contributed by atoms with van der Waals surface area (Å²) in [6.07, 6.45) is 6.60.